The molecule has 0 spiro atoms. The second kappa shape index (κ2) is 3.35. The summed E-state index contributed by atoms with van der Waals surface area (Å²) in [6.45, 7) is 0.697. The third kappa shape index (κ3) is 2.43. The van der Waals surface area contributed by atoms with Gasteiger partial charge in [0.05, 0.1) is 0 Å². The van der Waals surface area contributed by atoms with E-state index in [0.29, 0.717) is 6.92 Å². The summed E-state index contributed by atoms with van der Waals surface area (Å²) in [4.78, 5) is 3.42. The van der Waals surface area contributed by atoms with Crippen LogP contribution in [0, 0.1) is 0 Å². The van der Waals surface area contributed by atoms with E-state index in [2.05, 4.69) is 4.98 Å². The van der Waals surface area contributed by atoms with Crippen LogP contribution in [0.1, 0.15) is 24.5 Å². The van der Waals surface area contributed by atoms with E-state index >= 15 is 0 Å². The molecule has 2 N–H and O–H groups in total. The predicted octanol–water partition coefficient (Wildman–Crippen LogP) is 1.18. The van der Waals surface area contributed by atoms with Crippen LogP contribution in [-0.4, -0.2) is 15.2 Å². The Morgan fingerprint density at radius 2 is 2.08 bits per heavy atom. The zero-order valence-electron chi connectivity index (χ0n) is 6.91. The standard InChI is InChI=1S/C8H9F2NO2/c1-8(9,10)6-4-5(7(12)13)2-3-11-6/h2-4,7,12-13H,1H3. The molecular formula is C8H9F2NO2. The lowest BCUT2D eigenvalue weighted by atomic mass is 10.1. The van der Waals surface area contributed by atoms with E-state index in [9.17, 15) is 8.78 Å². The molecule has 1 aromatic heterocycles. The Morgan fingerprint density at radius 1 is 1.46 bits per heavy atom. The van der Waals surface area contributed by atoms with E-state index in [1.54, 1.807) is 0 Å². The number of rotatable bonds is 2. The van der Waals surface area contributed by atoms with Crippen LogP contribution in [0.4, 0.5) is 8.78 Å². The number of pyridine rings is 1. The maximum Gasteiger partial charge on any atom is 0.286 e. The van der Waals surface area contributed by atoms with E-state index in [-0.39, 0.29) is 5.56 Å². The number of aliphatic hydroxyl groups is 2. The van der Waals surface area contributed by atoms with E-state index in [1.165, 1.54) is 6.07 Å². The molecule has 0 aliphatic carbocycles. The van der Waals surface area contributed by atoms with Crippen molar-refractivity contribution < 1.29 is 19.0 Å². The van der Waals surface area contributed by atoms with Gasteiger partial charge in [0.1, 0.15) is 5.69 Å². The summed E-state index contributed by atoms with van der Waals surface area (Å²) >= 11 is 0. The van der Waals surface area contributed by atoms with Crippen molar-refractivity contribution in [2.24, 2.45) is 0 Å². The highest BCUT2D eigenvalue weighted by molar-refractivity contribution is 5.19. The summed E-state index contributed by atoms with van der Waals surface area (Å²) in [5.41, 5.74) is -0.468. The van der Waals surface area contributed by atoms with Crippen LogP contribution in [-0.2, 0) is 5.92 Å². The first-order valence-corrected chi connectivity index (χ1v) is 3.61. The van der Waals surface area contributed by atoms with Crippen molar-refractivity contribution in [3.8, 4) is 0 Å². The quantitative estimate of drug-likeness (QED) is 0.687. The molecule has 13 heavy (non-hydrogen) atoms. The summed E-state index contributed by atoms with van der Waals surface area (Å²) < 4.78 is 25.3. The van der Waals surface area contributed by atoms with Gasteiger partial charge < -0.3 is 10.2 Å². The maximum absolute atomic E-state index is 12.7. The summed E-state index contributed by atoms with van der Waals surface area (Å²) in [5.74, 6) is -3.06. The molecule has 0 saturated heterocycles. The summed E-state index contributed by atoms with van der Waals surface area (Å²) in [7, 11) is 0. The number of hydrogen-bond donors (Lipinski definition) is 2. The molecule has 0 aromatic carbocycles. The number of hydrogen-bond acceptors (Lipinski definition) is 3. The van der Waals surface area contributed by atoms with Crippen LogP contribution in [0.3, 0.4) is 0 Å². The molecule has 5 heteroatoms. The Labute approximate surface area is 73.7 Å². The Balaban J connectivity index is 3.06. The molecule has 1 rings (SSSR count). The number of aromatic nitrogens is 1. The molecule has 3 nitrogen and oxygen atoms in total. The normalized spacial score (nSPS) is 12.2. The van der Waals surface area contributed by atoms with E-state index in [1.807, 2.05) is 0 Å². The molecule has 0 amide bonds. The van der Waals surface area contributed by atoms with Gasteiger partial charge in [-0.1, -0.05) is 0 Å². The SMILES string of the molecule is CC(F)(F)c1cc(C(O)O)ccn1. The molecule has 0 saturated carbocycles. The fraction of sp³-hybridized carbons (Fsp3) is 0.375. The Bertz CT molecular complexity index is 296. The largest absolute Gasteiger partial charge is 0.364 e. The maximum atomic E-state index is 12.7. The smallest absolute Gasteiger partial charge is 0.286 e. The molecule has 1 aromatic rings. The summed E-state index contributed by atoms with van der Waals surface area (Å²) in [5, 5.41) is 17.4. The molecule has 0 fully saturated rings. The average Bonchev–Trinajstić information content (AvgIpc) is 2.03. The predicted molar refractivity (Wildman–Crippen MR) is 41.0 cm³/mol. The number of alkyl halides is 2. The van der Waals surface area contributed by atoms with E-state index in [4.69, 9.17) is 10.2 Å². The zero-order valence-corrected chi connectivity index (χ0v) is 6.91. The molecule has 0 aliphatic rings. The Morgan fingerprint density at radius 3 is 2.54 bits per heavy atom. The van der Waals surface area contributed by atoms with Crippen molar-refractivity contribution in [3.63, 3.8) is 0 Å². The first kappa shape index (κ1) is 10.0. The third-order valence-electron chi connectivity index (χ3n) is 1.53. The van der Waals surface area contributed by atoms with Crippen molar-refractivity contribution in [1.29, 1.82) is 0 Å². The van der Waals surface area contributed by atoms with Crippen molar-refractivity contribution >= 4 is 0 Å². The highest BCUT2D eigenvalue weighted by atomic mass is 19.3. The lowest BCUT2D eigenvalue weighted by molar-refractivity contribution is -0.0432. The monoisotopic (exact) mass is 189 g/mol. The number of halogens is 2. The van der Waals surface area contributed by atoms with Gasteiger partial charge in [-0.3, -0.25) is 4.98 Å². The fourth-order valence-electron chi connectivity index (χ4n) is 0.848. The molecule has 0 unspecified atom stereocenters. The van der Waals surface area contributed by atoms with Crippen molar-refractivity contribution in [1.82, 2.24) is 4.98 Å². The number of aliphatic hydroxyl groups excluding tert-OH is 1. The van der Waals surface area contributed by atoms with Crippen molar-refractivity contribution in [3.05, 3.63) is 29.6 Å². The zero-order chi connectivity index (χ0) is 10.1. The van der Waals surface area contributed by atoms with E-state index in [0.717, 1.165) is 12.3 Å². The van der Waals surface area contributed by atoms with Gasteiger partial charge in [-0.05, 0) is 12.1 Å². The minimum Gasteiger partial charge on any atom is -0.364 e. The number of nitrogens with zero attached hydrogens (tertiary/aromatic N) is 1. The fourth-order valence-corrected chi connectivity index (χ4v) is 0.848. The summed E-state index contributed by atoms with van der Waals surface area (Å²) in [6.07, 6.45) is -0.634. The lowest BCUT2D eigenvalue weighted by Crippen LogP contribution is -2.10. The molecular weight excluding hydrogens is 180 g/mol. The second-order valence-corrected chi connectivity index (χ2v) is 2.74. The van der Waals surface area contributed by atoms with Crippen LogP contribution < -0.4 is 0 Å². The highest BCUT2D eigenvalue weighted by Crippen LogP contribution is 2.26. The molecule has 0 aliphatic heterocycles. The van der Waals surface area contributed by atoms with Crippen LogP contribution in [0.5, 0.6) is 0 Å². The highest BCUT2D eigenvalue weighted by Gasteiger charge is 2.26. The topological polar surface area (TPSA) is 53.4 Å². The van der Waals surface area contributed by atoms with Gasteiger partial charge in [-0.2, -0.15) is 8.78 Å². The molecule has 0 bridgehead atoms. The van der Waals surface area contributed by atoms with Crippen LogP contribution in [0.15, 0.2) is 18.3 Å². The molecule has 0 radical (unpaired) electrons. The van der Waals surface area contributed by atoms with Gasteiger partial charge in [-0.25, -0.2) is 0 Å². The average molecular weight is 189 g/mol. The Hall–Kier alpha value is -1.07. The summed E-state index contributed by atoms with van der Waals surface area (Å²) in [6, 6.07) is 2.23. The van der Waals surface area contributed by atoms with Crippen molar-refractivity contribution in [2.75, 3.05) is 0 Å². The van der Waals surface area contributed by atoms with Gasteiger partial charge in [-0.15, -0.1) is 0 Å². The van der Waals surface area contributed by atoms with Gasteiger partial charge in [0.2, 0.25) is 0 Å². The second-order valence-electron chi connectivity index (χ2n) is 2.74. The Kier molecular flexibility index (Phi) is 2.58. The molecule has 72 valence electrons. The van der Waals surface area contributed by atoms with Gasteiger partial charge in [0.25, 0.3) is 5.92 Å². The van der Waals surface area contributed by atoms with Crippen LogP contribution >= 0.6 is 0 Å². The van der Waals surface area contributed by atoms with Crippen LogP contribution in [0.25, 0.3) is 0 Å². The molecule has 1 heterocycles. The first-order valence-electron chi connectivity index (χ1n) is 3.61. The minimum atomic E-state index is -3.06. The van der Waals surface area contributed by atoms with Crippen molar-refractivity contribution in [2.45, 2.75) is 19.1 Å². The first-order chi connectivity index (χ1) is 5.91. The van der Waals surface area contributed by atoms with Gasteiger partial charge >= 0.3 is 0 Å². The van der Waals surface area contributed by atoms with E-state index < -0.39 is 17.9 Å². The van der Waals surface area contributed by atoms with Gasteiger partial charge in [0.15, 0.2) is 6.29 Å². The minimum absolute atomic E-state index is 0.00604. The third-order valence-corrected chi connectivity index (χ3v) is 1.53. The molecule has 0 atom stereocenters. The lowest BCUT2D eigenvalue weighted by Gasteiger charge is -2.11. The van der Waals surface area contributed by atoms with Gasteiger partial charge in [0, 0.05) is 18.7 Å². The van der Waals surface area contributed by atoms with Crippen LogP contribution in [0.2, 0.25) is 0 Å².